The first-order valence-corrected chi connectivity index (χ1v) is 14.6. The Labute approximate surface area is 249 Å². The topological polar surface area (TPSA) is 55.1 Å². The summed E-state index contributed by atoms with van der Waals surface area (Å²) in [6, 6.07) is 17.0. The number of hydrogen-bond donors (Lipinski definition) is 1. The first-order chi connectivity index (χ1) is 20.2. The predicted octanol–water partition coefficient (Wildman–Crippen LogP) is 7.74. The normalized spacial score (nSPS) is 17.0. The van der Waals surface area contributed by atoms with Crippen molar-refractivity contribution in [3.8, 4) is 5.69 Å². The molecular formula is C36H41N5O. The van der Waals surface area contributed by atoms with E-state index in [1.54, 1.807) is 13.0 Å². The van der Waals surface area contributed by atoms with Gasteiger partial charge in [0.15, 0.2) is 5.78 Å². The second-order valence-corrected chi connectivity index (χ2v) is 11.5. The molecule has 1 N–H and O–H groups in total. The molecule has 1 fully saturated rings. The number of hydrogen-bond acceptors (Lipinski definition) is 4. The standard InChI is InChI=1S/C36H41N5O/c1-8-12-29(9-2)30-15-16-35-32(19-30)33(28(7)42)23-39(35)22-27(6)40-21-24(3)17-31(40)20-37-36-18-26(5)38-41(36)34-14-11-10-13-25(34)4/h8-16,18-19,23-24,31,37H,1-2,6,17,20-22H2,3-5,7H3/b29-12+/t24-,31+/m1/s1. The number of likely N-dealkylation sites (tertiary alicyclic amines) is 1. The summed E-state index contributed by atoms with van der Waals surface area (Å²) in [5.74, 6) is 1.60. The van der Waals surface area contributed by atoms with Gasteiger partial charge in [-0.15, -0.1) is 0 Å². The lowest BCUT2D eigenvalue weighted by molar-refractivity contribution is 0.101. The summed E-state index contributed by atoms with van der Waals surface area (Å²) in [6.45, 7) is 22.7. The van der Waals surface area contributed by atoms with Crippen LogP contribution in [0.1, 0.15) is 47.4 Å². The molecule has 6 nitrogen and oxygen atoms in total. The zero-order valence-electron chi connectivity index (χ0n) is 25.2. The molecule has 2 atom stereocenters. The van der Waals surface area contributed by atoms with E-state index >= 15 is 0 Å². The van der Waals surface area contributed by atoms with Crippen molar-refractivity contribution in [2.45, 2.75) is 46.7 Å². The molecule has 0 saturated carbocycles. The summed E-state index contributed by atoms with van der Waals surface area (Å²) >= 11 is 0. The molecular weight excluding hydrogens is 518 g/mol. The van der Waals surface area contributed by atoms with E-state index in [9.17, 15) is 4.79 Å². The fourth-order valence-corrected chi connectivity index (χ4v) is 6.15. The number of carbonyl (C=O) groups excluding carboxylic acids is 1. The van der Waals surface area contributed by atoms with Crippen molar-refractivity contribution in [1.29, 1.82) is 0 Å². The van der Waals surface area contributed by atoms with Crippen LogP contribution in [0.4, 0.5) is 5.82 Å². The van der Waals surface area contributed by atoms with Gasteiger partial charge < -0.3 is 14.8 Å². The van der Waals surface area contributed by atoms with E-state index in [0.29, 0.717) is 18.5 Å². The highest BCUT2D eigenvalue weighted by Crippen LogP contribution is 2.31. The maximum absolute atomic E-state index is 12.6. The minimum absolute atomic E-state index is 0.0480. The lowest BCUT2D eigenvalue weighted by Crippen LogP contribution is -2.35. The molecule has 5 rings (SSSR count). The summed E-state index contributed by atoms with van der Waals surface area (Å²) in [7, 11) is 0. The molecule has 1 aliphatic rings. The van der Waals surface area contributed by atoms with Crippen LogP contribution in [0.2, 0.25) is 0 Å². The second kappa shape index (κ2) is 12.1. The molecule has 3 heterocycles. The number of nitrogens with zero attached hydrogens (tertiary/aromatic N) is 4. The molecule has 0 bridgehead atoms. The number of rotatable bonds is 11. The highest BCUT2D eigenvalue weighted by Gasteiger charge is 2.31. The van der Waals surface area contributed by atoms with Crippen molar-refractivity contribution in [1.82, 2.24) is 19.2 Å². The number of anilines is 1. The largest absolute Gasteiger partial charge is 0.369 e. The number of nitrogens with one attached hydrogen (secondary N) is 1. The molecule has 0 radical (unpaired) electrons. The molecule has 4 aromatic rings. The zero-order valence-corrected chi connectivity index (χ0v) is 25.2. The Kier molecular flexibility index (Phi) is 8.34. The third-order valence-electron chi connectivity index (χ3n) is 8.19. The lowest BCUT2D eigenvalue weighted by atomic mass is 10.0. The van der Waals surface area contributed by atoms with E-state index in [4.69, 9.17) is 5.10 Å². The van der Waals surface area contributed by atoms with Crippen LogP contribution in [-0.2, 0) is 6.54 Å². The Morgan fingerprint density at radius 3 is 2.64 bits per heavy atom. The molecule has 0 unspecified atom stereocenters. The van der Waals surface area contributed by atoms with Crippen LogP contribution in [-0.4, -0.2) is 44.2 Å². The third kappa shape index (κ3) is 5.75. The van der Waals surface area contributed by atoms with Crippen molar-refractivity contribution >= 4 is 28.1 Å². The second-order valence-electron chi connectivity index (χ2n) is 11.5. The molecule has 2 aromatic carbocycles. The number of fused-ring (bicyclic) bond motifs is 1. The fourth-order valence-electron chi connectivity index (χ4n) is 6.15. The molecule has 0 spiro atoms. The average molecular weight is 560 g/mol. The van der Waals surface area contributed by atoms with Gasteiger partial charge in [-0.3, -0.25) is 4.79 Å². The molecule has 2 aromatic heterocycles. The fraction of sp³-hybridized carbons (Fsp3) is 0.278. The molecule has 0 aliphatic carbocycles. The Hall–Kier alpha value is -4.58. The highest BCUT2D eigenvalue weighted by atomic mass is 16.1. The van der Waals surface area contributed by atoms with Crippen LogP contribution in [0.25, 0.3) is 22.2 Å². The molecule has 42 heavy (non-hydrogen) atoms. The Morgan fingerprint density at radius 1 is 1.14 bits per heavy atom. The number of para-hydroxylation sites is 1. The van der Waals surface area contributed by atoms with Gasteiger partial charge in [-0.25, -0.2) is 4.68 Å². The summed E-state index contributed by atoms with van der Waals surface area (Å²) in [5, 5.41) is 9.41. The Morgan fingerprint density at radius 2 is 1.93 bits per heavy atom. The van der Waals surface area contributed by atoms with E-state index in [1.807, 2.05) is 36.0 Å². The van der Waals surface area contributed by atoms with Gasteiger partial charge >= 0.3 is 0 Å². The SMILES string of the molecule is C=C/C=C(\C=C)c1ccc2c(c1)c(C(C)=O)cn2CC(=C)N1C[C@H](C)C[C@H]1CNc1cc(C)nn1-c1ccccc1C. The Balaban J connectivity index is 1.37. The smallest absolute Gasteiger partial charge is 0.161 e. The van der Waals surface area contributed by atoms with Crippen molar-refractivity contribution < 1.29 is 4.79 Å². The van der Waals surface area contributed by atoms with Crippen LogP contribution in [0.5, 0.6) is 0 Å². The number of ketones is 1. The first-order valence-electron chi connectivity index (χ1n) is 14.6. The molecule has 216 valence electrons. The maximum atomic E-state index is 12.6. The summed E-state index contributed by atoms with van der Waals surface area (Å²) in [5.41, 5.74) is 8.01. The van der Waals surface area contributed by atoms with Crippen LogP contribution < -0.4 is 5.32 Å². The van der Waals surface area contributed by atoms with Crippen LogP contribution in [0.15, 0.2) is 98.4 Å². The number of aromatic nitrogens is 3. The van der Waals surface area contributed by atoms with E-state index < -0.39 is 0 Å². The van der Waals surface area contributed by atoms with Gasteiger partial charge in [-0.1, -0.05) is 69.2 Å². The van der Waals surface area contributed by atoms with Crippen molar-refractivity contribution in [2.75, 3.05) is 18.4 Å². The maximum Gasteiger partial charge on any atom is 0.161 e. The van der Waals surface area contributed by atoms with E-state index in [-0.39, 0.29) is 5.78 Å². The minimum Gasteiger partial charge on any atom is -0.369 e. The van der Waals surface area contributed by atoms with Crippen LogP contribution in [0, 0.1) is 19.8 Å². The molecule has 1 saturated heterocycles. The average Bonchev–Trinajstić information content (AvgIpc) is 3.64. The van der Waals surface area contributed by atoms with Gasteiger partial charge in [0.05, 0.1) is 17.9 Å². The van der Waals surface area contributed by atoms with Crippen LogP contribution in [0.3, 0.4) is 0 Å². The lowest BCUT2D eigenvalue weighted by Gasteiger charge is -2.29. The van der Waals surface area contributed by atoms with Gasteiger partial charge in [0.1, 0.15) is 5.82 Å². The summed E-state index contributed by atoms with van der Waals surface area (Å²) in [6.07, 6.45) is 8.55. The monoisotopic (exact) mass is 559 g/mol. The van der Waals surface area contributed by atoms with E-state index in [0.717, 1.165) is 70.0 Å². The van der Waals surface area contributed by atoms with Gasteiger partial charge in [0.25, 0.3) is 0 Å². The highest BCUT2D eigenvalue weighted by molar-refractivity contribution is 6.07. The molecule has 0 amide bonds. The number of benzene rings is 2. The van der Waals surface area contributed by atoms with Crippen molar-refractivity contribution in [2.24, 2.45) is 5.92 Å². The Bertz CT molecular complexity index is 1700. The first kappa shape index (κ1) is 28.9. The van der Waals surface area contributed by atoms with Gasteiger partial charge in [-0.2, -0.15) is 5.10 Å². The zero-order chi connectivity index (χ0) is 30.0. The predicted molar refractivity (Wildman–Crippen MR) is 175 cm³/mol. The third-order valence-corrected chi connectivity index (χ3v) is 8.19. The minimum atomic E-state index is 0.0480. The summed E-state index contributed by atoms with van der Waals surface area (Å²) in [4.78, 5) is 15.1. The molecule has 6 heteroatoms. The number of aryl methyl sites for hydroxylation is 2. The van der Waals surface area contributed by atoms with Gasteiger partial charge in [0, 0.05) is 53.6 Å². The molecule has 1 aliphatic heterocycles. The summed E-state index contributed by atoms with van der Waals surface area (Å²) < 4.78 is 4.17. The van der Waals surface area contributed by atoms with Gasteiger partial charge in [-0.05, 0) is 68.0 Å². The van der Waals surface area contributed by atoms with Crippen LogP contribution >= 0.6 is 0 Å². The number of carbonyl (C=O) groups is 1. The number of Topliss-reactive ketones (excluding diaryl/α,β-unsaturated/α-hetero) is 1. The van der Waals surface area contributed by atoms with Crippen molar-refractivity contribution in [3.63, 3.8) is 0 Å². The van der Waals surface area contributed by atoms with Gasteiger partial charge in [0.2, 0.25) is 0 Å². The van der Waals surface area contributed by atoms with E-state index in [1.165, 1.54) is 5.56 Å². The van der Waals surface area contributed by atoms with Crippen molar-refractivity contribution in [3.05, 3.63) is 121 Å². The quantitative estimate of drug-likeness (QED) is 0.151. The number of allylic oxidation sites excluding steroid dienone is 5. The van der Waals surface area contributed by atoms with E-state index in [2.05, 4.69) is 90.8 Å².